The Balaban J connectivity index is 1.25. The van der Waals surface area contributed by atoms with Crippen LogP contribution in [0.4, 0.5) is 0 Å². The molecule has 2 aromatic carbocycles. The molecule has 154 valence electrons. The first-order valence-corrected chi connectivity index (χ1v) is 10.3. The molecule has 0 aliphatic carbocycles. The fourth-order valence-corrected chi connectivity index (χ4v) is 3.92. The van der Waals surface area contributed by atoms with Crippen molar-refractivity contribution in [3.63, 3.8) is 0 Å². The molecule has 1 saturated heterocycles. The van der Waals surface area contributed by atoms with Gasteiger partial charge in [0.25, 0.3) is 0 Å². The maximum atomic E-state index is 6.03. The quantitative estimate of drug-likeness (QED) is 0.483. The molecule has 5 rings (SSSR count). The highest BCUT2D eigenvalue weighted by molar-refractivity contribution is 5.77. The summed E-state index contributed by atoms with van der Waals surface area (Å²) < 4.78 is 11.5. The molecule has 0 amide bonds. The van der Waals surface area contributed by atoms with Gasteiger partial charge in [0.15, 0.2) is 0 Å². The molecule has 7 nitrogen and oxygen atoms in total. The van der Waals surface area contributed by atoms with E-state index < -0.39 is 0 Å². The molecule has 2 aromatic heterocycles. The van der Waals surface area contributed by atoms with Crippen LogP contribution < -0.4 is 4.74 Å². The number of aromatic amines is 2. The van der Waals surface area contributed by atoms with Gasteiger partial charge < -0.3 is 14.5 Å². The van der Waals surface area contributed by atoms with Gasteiger partial charge >= 0.3 is 0 Å². The smallest absolute Gasteiger partial charge is 0.129 e. The number of nitrogens with zero attached hydrogens (tertiary/aromatic N) is 3. The number of hydrogen-bond donors (Lipinski definition) is 2. The fourth-order valence-electron chi connectivity index (χ4n) is 3.92. The molecule has 0 radical (unpaired) electrons. The molecular formula is C23H25N5O2. The lowest BCUT2D eigenvalue weighted by Gasteiger charge is -2.18. The normalized spacial score (nSPS) is 16.5. The molecule has 1 atom stereocenters. The van der Waals surface area contributed by atoms with Crippen molar-refractivity contribution >= 4 is 11.0 Å². The van der Waals surface area contributed by atoms with E-state index in [4.69, 9.17) is 14.5 Å². The van der Waals surface area contributed by atoms with Crippen molar-refractivity contribution in [3.05, 3.63) is 60.6 Å². The molecule has 7 heteroatoms. The molecular weight excluding hydrogens is 378 g/mol. The van der Waals surface area contributed by atoms with E-state index in [0.29, 0.717) is 5.92 Å². The monoisotopic (exact) mass is 403 g/mol. The molecule has 1 aliphatic heterocycles. The Labute approximate surface area is 175 Å². The third-order valence-corrected chi connectivity index (χ3v) is 5.42. The highest BCUT2D eigenvalue weighted by Crippen LogP contribution is 2.27. The summed E-state index contributed by atoms with van der Waals surface area (Å²) in [6.07, 6.45) is 2.89. The van der Waals surface area contributed by atoms with Crippen molar-refractivity contribution < 1.29 is 9.47 Å². The van der Waals surface area contributed by atoms with Gasteiger partial charge in [0, 0.05) is 25.4 Å². The van der Waals surface area contributed by atoms with E-state index in [9.17, 15) is 0 Å². The van der Waals surface area contributed by atoms with Crippen LogP contribution >= 0.6 is 0 Å². The van der Waals surface area contributed by atoms with Gasteiger partial charge in [0.1, 0.15) is 17.3 Å². The maximum absolute atomic E-state index is 6.03. The Bertz CT molecular complexity index is 1100. The van der Waals surface area contributed by atoms with Crippen LogP contribution in [0.5, 0.6) is 11.5 Å². The van der Waals surface area contributed by atoms with E-state index in [0.717, 1.165) is 72.3 Å². The molecule has 0 spiro atoms. The first-order valence-electron chi connectivity index (χ1n) is 10.3. The summed E-state index contributed by atoms with van der Waals surface area (Å²) in [6.45, 7) is 3.57. The summed E-state index contributed by atoms with van der Waals surface area (Å²) in [5.74, 6) is 3.14. The van der Waals surface area contributed by atoms with E-state index in [1.807, 2.05) is 48.5 Å². The van der Waals surface area contributed by atoms with Crippen LogP contribution in [0, 0.1) is 5.92 Å². The van der Waals surface area contributed by atoms with E-state index in [-0.39, 0.29) is 0 Å². The van der Waals surface area contributed by atoms with Gasteiger partial charge in [-0.05, 0) is 67.4 Å². The first-order chi connectivity index (χ1) is 14.7. The molecule has 0 saturated carbocycles. The number of rotatable bonds is 7. The van der Waals surface area contributed by atoms with Crippen LogP contribution in [0.15, 0.2) is 54.7 Å². The molecule has 4 aromatic rings. The van der Waals surface area contributed by atoms with Gasteiger partial charge in [0.05, 0.1) is 29.9 Å². The summed E-state index contributed by atoms with van der Waals surface area (Å²) in [7, 11) is 2.13. The Hall–Kier alpha value is -3.16. The minimum absolute atomic E-state index is 0.624. The zero-order valence-corrected chi connectivity index (χ0v) is 17.0. The second-order valence-electron chi connectivity index (χ2n) is 7.89. The van der Waals surface area contributed by atoms with Crippen LogP contribution in [0.2, 0.25) is 0 Å². The summed E-state index contributed by atoms with van der Waals surface area (Å²) in [6, 6.07) is 15.8. The fraction of sp³-hybridized carbons (Fsp3) is 0.304. The van der Waals surface area contributed by atoms with Gasteiger partial charge in [-0.25, -0.2) is 4.98 Å². The minimum Gasteiger partial charge on any atom is -0.457 e. The van der Waals surface area contributed by atoms with Gasteiger partial charge in [-0.3, -0.25) is 10.00 Å². The summed E-state index contributed by atoms with van der Waals surface area (Å²) in [5.41, 5.74) is 3.98. The number of hydrogen-bond acceptors (Lipinski definition) is 5. The number of ether oxygens (including phenoxy) is 2. The third kappa shape index (κ3) is 4.22. The van der Waals surface area contributed by atoms with Crippen LogP contribution in [0.3, 0.4) is 0 Å². The van der Waals surface area contributed by atoms with Crippen molar-refractivity contribution in [1.29, 1.82) is 0 Å². The van der Waals surface area contributed by atoms with Gasteiger partial charge in [-0.1, -0.05) is 0 Å². The SMILES string of the molecule is CN(Cc1nc2cc(Oc3ccc(-c4ccn[nH]4)cc3)ccc2[nH]1)CC1CCOC1. The number of H-pyrrole nitrogens is 2. The Morgan fingerprint density at radius 3 is 2.77 bits per heavy atom. The second-order valence-corrected chi connectivity index (χ2v) is 7.89. The zero-order chi connectivity index (χ0) is 20.3. The maximum Gasteiger partial charge on any atom is 0.129 e. The zero-order valence-electron chi connectivity index (χ0n) is 17.0. The lowest BCUT2D eigenvalue weighted by molar-refractivity contribution is 0.172. The number of nitrogens with one attached hydrogen (secondary N) is 2. The topological polar surface area (TPSA) is 79.1 Å². The first kappa shape index (κ1) is 18.8. The predicted molar refractivity (Wildman–Crippen MR) is 115 cm³/mol. The molecule has 1 aliphatic rings. The van der Waals surface area contributed by atoms with E-state index in [1.165, 1.54) is 0 Å². The number of imidazole rings is 1. The van der Waals surface area contributed by atoms with Crippen LogP contribution in [-0.2, 0) is 11.3 Å². The van der Waals surface area contributed by atoms with Gasteiger partial charge in [0.2, 0.25) is 0 Å². The lowest BCUT2D eigenvalue weighted by Crippen LogP contribution is -2.26. The molecule has 1 fully saturated rings. The van der Waals surface area contributed by atoms with Crippen molar-refractivity contribution in [2.24, 2.45) is 5.92 Å². The summed E-state index contributed by atoms with van der Waals surface area (Å²) in [5, 5.41) is 6.95. The lowest BCUT2D eigenvalue weighted by atomic mass is 10.1. The Morgan fingerprint density at radius 1 is 1.13 bits per heavy atom. The van der Waals surface area contributed by atoms with Crippen molar-refractivity contribution in [3.8, 4) is 22.8 Å². The number of fused-ring (bicyclic) bond motifs is 1. The highest BCUT2D eigenvalue weighted by Gasteiger charge is 2.18. The third-order valence-electron chi connectivity index (χ3n) is 5.42. The van der Waals surface area contributed by atoms with E-state index in [1.54, 1.807) is 6.20 Å². The van der Waals surface area contributed by atoms with Gasteiger partial charge in [-0.2, -0.15) is 5.10 Å². The Kier molecular flexibility index (Phi) is 5.21. The molecule has 0 bridgehead atoms. The van der Waals surface area contributed by atoms with E-state index in [2.05, 4.69) is 27.1 Å². The van der Waals surface area contributed by atoms with Crippen LogP contribution in [-0.4, -0.2) is 51.9 Å². The Morgan fingerprint density at radius 2 is 2.00 bits per heavy atom. The second kappa shape index (κ2) is 8.30. The van der Waals surface area contributed by atoms with Crippen LogP contribution in [0.1, 0.15) is 12.2 Å². The molecule has 1 unspecified atom stereocenters. The van der Waals surface area contributed by atoms with E-state index >= 15 is 0 Å². The van der Waals surface area contributed by atoms with Crippen molar-refractivity contribution in [1.82, 2.24) is 25.1 Å². The number of aromatic nitrogens is 4. The van der Waals surface area contributed by atoms with Crippen LogP contribution in [0.25, 0.3) is 22.3 Å². The number of benzene rings is 2. The average molecular weight is 403 g/mol. The van der Waals surface area contributed by atoms with Crippen molar-refractivity contribution in [2.45, 2.75) is 13.0 Å². The van der Waals surface area contributed by atoms with Crippen molar-refractivity contribution in [2.75, 3.05) is 26.8 Å². The molecule has 3 heterocycles. The molecule has 2 N–H and O–H groups in total. The average Bonchev–Trinajstić information content (AvgIpc) is 3.50. The summed E-state index contributed by atoms with van der Waals surface area (Å²) in [4.78, 5) is 10.5. The minimum atomic E-state index is 0.624. The highest BCUT2D eigenvalue weighted by atomic mass is 16.5. The molecule has 30 heavy (non-hydrogen) atoms. The largest absolute Gasteiger partial charge is 0.457 e. The predicted octanol–water partition coefficient (Wildman–Crippen LogP) is 4.21. The van der Waals surface area contributed by atoms with Gasteiger partial charge in [-0.15, -0.1) is 0 Å². The standard InChI is InChI=1S/C23H25N5O2/c1-28(13-16-9-11-29-15-16)14-23-25-21-7-6-19(12-22(21)26-23)30-18-4-2-17(3-5-18)20-8-10-24-27-20/h2-8,10,12,16H,9,11,13-15H2,1H3,(H,24,27)(H,25,26). The summed E-state index contributed by atoms with van der Waals surface area (Å²) >= 11 is 0.